The Morgan fingerprint density at radius 2 is 1.75 bits per heavy atom. The van der Waals surface area contributed by atoms with E-state index in [-0.39, 0.29) is 11.6 Å². The molecule has 0 saturated carbocycles. The molecule has 5 nitrogen and oxygen atoms in total. The minimum absolute atomic E-state index is 0.107. The van der Waals surface area contributed by atoms with Gasteiger partial charge in [0, 0.05) is 24.8 Å². The molecule has 0 radical (unpaired) electrons. The van der Waals surface area contributed by atoms with Crippen LogP contribution in [0.3, 0.4) is 0 Å². The van der Waals surface area contributed by atoms with Crippen molar-refractivity contribution in [1.82, 2.24) is 9.88 Å². The summed E-state index contributed by atoms with van der Waals surface area (Å²) in [4.78, 5) is 28.9. The first-order chi connectivity index (χ1) is 9.31. The Morgan fingerprint density at radius 1 is 1.20 bits per heavy atom. The largest absolute Gasteiger partial charge is 0.477 e. The maximum atomic E-state index is 12.5. The molecule has 0 saturated heterocycles. The predicted molar refractivity (Wildman–Crippen MR) is 76.8 cm³/mol. The summed E-state index contributed by atoms with van der Waals surface area (Å²) >= 11 is 0. The predicted octanol–water partition coefficient (Wildman–Crippen LogP) is 2.53. The van der Waals surface area contributed by atoms with E-state index in [2.05, 4.69) is 32.7 Å². The average Bonchev–Trinajstić information content (AvgIpc) is 2.36. The fourth-order valence-corrected chi connectivity index (χ4v) is 1.99. The molecule has 0 aliphatic carbocycles. The second kappa shape index (κ2) is 7.03. The van der Waals surface area contributed by atoms with Crippen LogP contribution in [0.5, 0.6) is 0 Å². The highest BCUT2D eigenvalue weighted by atomic mass is 16.4. The van der Waals surface area contributed by atoms with Crippen LogP contribution in [0.25, 0.3) is 0 Å². The van der Waals surface area contributed by atoms with Gasteiger partial charge in [0.25, 0.3) is 5.91 Å². The summed E-state index contributed by atoms with van der Waals surface area (Å²) in [5.74, 6) is -0.548. The molecule has 0 unspecified atom stereocenters. The van der Waals surface area contributed by atoms with Crippen molar-refractivity contribution >= 4 is 11.9 Å². The number of pyridine rings is 1. The number of rotatable bonds is 6. The second-order valence-corrected chi connectivity index (χ2v) is 5.73. The minimum Gasteiger partial charge on any atom is -0.477 e. The van der Waals surface area contributed by atoms with Crippen LogP contribution in [0.4, 0.5) is 0 Å². The Hall–Kier alpha value is -1.91. The third-order valence-corrected chi connectivity index (χ3v) is 2.68. The van der Waals surface area contributed by atoms with Crippen molar-refractivity contribution in [3.8, 4) is 0 Å². The van der Waals surface area contributed by atoms with Crippen molar-refractivity contribution in [3.05, 3.63) is 29.6 Å². The molecule has 0 aliphatic heterocycles. The highest BCUT2D eigenvalue weighted by Gasteiger charge is 2.19. The molecular weight excluding hydrogens is 256 g/mol. The van der Waals surface area contributed by atoms with Crippen LogP contribution in [0, 0.1) is 11.8 Å². The molecule has 1 rings (SSSR count). The Labute approximate surface area is 119 Å². The minimum atomic E-state index is -1.13. The van der Waals surface area contributed by atoms with Gasteiger partial charge in [0.05, 0.1) is 0 Å². The second-order valence-electron chi connectivity index (χ2n) is 5.73. The summed E-state index contributed by atoms with van der Waals surface area (Å²) in [5.41, 5.74) is 0.267. The number of carboxylic acids is 1. The van der Waals surface area contributed by atoms with E-state index >= 15 is 0 Å². The first kappa shape index (κ1) is 16.1. The van der Waals surface area contributed by atoms with Crippen LogP contribution in [0.2, 0.25) is 0 Å². The van der Waals surface area contributed by atoms with Crippen LogP contribution >= 0.6 is 0 Å². The first-order valence-corrected chi connectivity index (χ1v) is 6.79. The summed E-state index contributed by atoms with van der Waals surface area (Å²) in [6.07, 6.45) is 1.36. The van der Waals surface area contributed by atoms with Gasteiger partial charge in [0.1, 0.15) is 5.69 Å². The van der Waals surface area contributed by atoms with Crippen molar-refractivity contribution in [1.29, 1.82) is 0 Å². The third-order valence-electron chi connectivity index (χ3n) is 2.68. The molecule has 5 heteroatoms. The van der Waals surface area contributed by atoms with Crippen molar-refractivity contribution in [2.45, 2.75) is 27.7 Å². The van der Waals surface area contributed by atoms with Gasteiger partial charge in [-0.2, -0.15) is 0 Å². The van der Waals surface area contributed by atoms with Gasteiger partial charge in [0.15, 0.2) is 0 Å². The fraction of sp³-hybridized carbons (Fsp3) is 0.533. The van der Waals surface area contributed by atoms with Crippen molar-refractivity contribution < 1.29 is 14.7 Å². The van der Waals surface area contributed by atoms with E-state index in [1.54, 1.807) is 11.0 Å². The van der Waals surface area contributed by atoms with Crippen molar-refractivity contribution in [3.63, 3.8) is 0 Å². The maximum absolute atomic E-state index is 12.5. The van der Waals surface area contributed by atoms with Crippen LogP contribution in [-0.4, -0.2) is 40.0 Å². The van der Waals surface area contributed by atoms with Gasteiger partial charge in [-0.25, -0.2) is 9.78 Å². The number of hydrogen-bond donors (Lipinski definition) is 1. The lowest BCUT2D eigenvalue weighted by molar-refractivity contribution is 0.0690. The van der Waals surface area contributed by atoms with Gasteiger partial charge >= 0.3 is 5.97 Å². The van der Waals surface area contributed by atoms with Gasteiger partial charge in [-0.05, 0) is 24.0 Å². The molecule has 0 aromatic carbocycles. The quantitative estimate of drug-likeness (QED) is 0.868. The van der Waals surface area contributed by atoms with E-state index in [4.69, 9.17) is 5.11 Å². The van der Waals surface area contributed by atoms with E-state index in [1.807, 2.05) is 0 Å². The van der Waals surface area contributed by atoms with E-state index < -0.39 is 5.97 Å². The Balaban J connectivity index is 2.98. The molecule has 0 spiro atoms. The fourth-order valence-electron chi connectivity index (χ4n) is 1.99. The Bertz CT molecular complexity index is 474. The lowest BCUT2D eigenvalue weighted by Crippen LogP contribution is -2.37. The van der Waals surface area contributed by atoms with Gasteiger partial charge in [-0.15, -0.1) is 0 Å². The highest BCUT2D eigenvalue weighted by molar-refractivity contribution is 5.96. The van der Waals surface area contributed by atoms with Crippen molar-refractivity contribution in [2.24, 2.45) is 11.8 Å². The maximum Gasteiger partial charge on any atom is 0.354 e. The number of nitrogens with zero attached hydrogens (tertiary/aromatic N) is 2. The molecule has 1 amide bonds. The zero-order valence-electron chi connectivity index (χ0n) is 12.5. The molecular formula is C15H22N2O3. The summed E-state index contributed by atoms with van der Waals surface area (Å²) in [6.45, 7) is 9.51. The van der Waals surface area contributed by atoms with E-state index in [9.17, 15) is 9.59 Å². The summed E-state index contributed by atoms with van der Waals surface area (Å²) in [7, 11) is 0. The topological polar surface area (TPSA) is 70.5 Å². The molecule has 0 atom stereocenters. The number of hydrogen-bond acceptors (Lipinski definition) is 3. The molecule has 1 aromatic rings. The van der Waals surface area contributed by atoms with Crippen molar-refractivity contribution in [2.75, 3.05) is 13.1 Å². The molecule has 20 heavy (non-hydrogen) atoms. The monoisotopic (exact) mass is 278 g/mol. The Kier molecular flexibility index (Phi) is 5.67. The number of carboxylic acid groups (broad SMARTS) is 1. The summed E-state index contributed by atoms with van der Waals surface area (Å²) in [5, 5.41) is 8.93. The van der Waals surface area contributed by atoms with Crippen LogP contribution in [-0.2, 0) is 0 Å². The van der Waals surface area contributed by atoms with Gasteiger partial charge in [-0.1, -0.05) is 27.7 Å². The zero-order valence-corrected chi connectivity index (χ0v) is 12.5. The molecule has 1 N–H and O–H groups in total. The average molecular weight is 278 g/mol. The van der Waals surface area contributed by atoms with E-state index in [0.717, 1.165) is 0 Å². The number of carbonyl (C=O) groups is 2. The SMILES string of the molecule is CC(C)CN(CC(C)C)C(=O)c1ccnc(C(=O)O)c1. The molecule has 0 fully saturated rings. The first-order valence-electron chi connectivity index (χ1n) is 6.79. The molecule has 1 aromatic heterocycles. The van der Waals surface area contributed by atoms with Gasteiger partial charge in [0.2, 0.25) is 0 Å². The number of carbonyl (C=O) groups excluding carboxylic acids is 1. The van der Waals surface area contributed by atoms with E-state index in [1.165, 1.54) is 12.3 Å². The summed E-state index contributed by atoms with van der Waals surface area (Å²) < 4.78 is 0. The van der Waals surface area contributed by atoms with Crippen LogP contribution in [0.1, 0.15) is 48.5 Å². The van der Waals surface area contributed by atoms with Crippen LogP contribution < -0.4 is 0 Å². The molecule has 1 heterocycles. The number of aromatic carboxylic acids is 1. The zero-order chi connectivity index (χ0) is 15.3. The number of amides is 1. The van der Waals surface area contributed by atoms with Crippen LogP contribution in [0.15, 0.2) is 18.3 Å². The van der Waals surface area contributed by atoms with Gasteiger partial charge in [-0.3, -0.25) is 4.79 Å². The van der Waals surface area contributed by atoms with Gasteiger partial charge < -0.3 is 10.0 Å². The van der Waals surface area contributed by atoms with E-state index in [0.29, 0.717) is 30.5 Å². The smallest absolute Gasteiger partial charge is 0.354 e. The standard InChI is InChI=1S/C15H22N2O3/c1-10(2)8-17(9-11(3)4)14(18)12-5-6-16-13(7-12)15(19)20/h5-7,10-11H,8-9H2,1-4H3,(H,19,20). The normalized spacial score (nSPS) is 10.9. The lowest BCUT2D eigenvalue weighted by atomic mass is 10.1. The molecule has 110 valence electrons. The lowest BCUT2D eigenvalue weighted by Gasteiger charge is -2.26. The highest BCUT2D eigenvalue weighted by Crippen LogP contribution is 2.11. The summed E-state index contributed by atoms with van der Waals surface area (Å²) in [6, 6.07) is 2.89. The Morgan fingerprint density at radius 3 is 2.20 bits per heavy atom. The number of aromatic nitrogens is 1. The molecule has 0 aliphatic rings. The molecule has 0 bridgehead atoms. The third kappa shape index (κ3) is 4.64.